The van der Waals surface area contributed by atoms with Crippen molar-refractivity contribution in [1.82, 2.24) is 4.90 Å². The molecule has 0 aliphatic carbocycles. The lowest BCUT2D eigenvalue weighted by Crippen LogP contribution is -2.31. The van der Waals surface area contributed by atoms with E-state index in [0.29, 0.717) is 23.6 Å². The highest BCUT2D eigenvalue weighted by atomic mass is 32.2. The van der Waals surface area contributed by atoms with Crippen molar-refractivity contribution in [3.63, 3.8) is 0 Å². The Hall–Kier alpha value is -2.67. The highest BCUT2D eigenvalue weighted by molar-refractivity contribution is 7.98. The number of hydrogen-bond donors (Lipinski definition) is 0. The molecule has 0 saturated carbocycles. The molecule has 0 aromatic heterocycles. The summed E-state index contributed by atoms with van der Waals surface area (Å²) in [7, 11) is 4.50. The van der Waals surface area contributed by atoms with Crippen LogP contribution in [-0.4, -0.2) is 50.9 Å². The van der Waals surface area contributed by atoms with Gasteiger partial charge in [0, 0.05) is 18.5 Å². The van der Waals surface area contributed by atoms with Gasteiger partial charge in [-0.05, 0) is 42.2 Å². The molecule has 0 heterocycles. The van der Waals surface area contributed by atoms with Crippen LogP contribution in [0.25, 0.3) is 0 Å². The normalized spacial score (nSPS) is 10.2. The Balaban J connectivity index is 1.96. The van der Waals surface area contributed by atoms with Gasteiger partial charge in [-0.15, -0.1) is 11.8 Å². The summed E-state index contributed by atoms with van der Waals surface area (Å²) in [4.78, 5) is 26.7. The highest BCUT2D eigenvalue weighted by Gasteiger charge is 2.14. The van der Waals surface area contributed by atoms with E-state index in [4.69, 9.17) is 9.47 Å². The van der Waals surface area contributed by atoms with Crippen LogP contribution in [0.5, 0.6) is 11.5 Å². The lowest BCUT2D eigenvalue weighted by molar-refractivity contribution is -0.132. The first-order chi connectivity index (χ1) is 13.0. The van der Waals surface area contributed by atoms with Gasteiger partial charge >= 0.3 is 5.97 Å². The first kappa shape index (κ1) is 20.6. The van der Waals surface area contributed by atoms with E-state index >= 15 is 0 Å². The van der Waals surface area contributed by atoms with E-state index in [1.165, 1.54) is 25.2 Å². The smallest absolute Gasteiger partial charge is 0.337 e. The minimum atomic E-state index is -0.469. The molecule has 2 aromatic rings. The molecule has 0 N–H and O–H groups in total. The van der Waals surface area contributed by atoms with Gasteiger partial charge < -0.3 is 19.1 Å². The van der Waals surface area contributed by atoms with Crippen molar-refractivity contribution >= 4 is 23.6 Å². The summed E-state index contributed by atoms with van der Waals surface area (Å²) in [6.45, 7) is 0.364. The molecule has 0 radical (unpaired) electrons. The van der Waals surface area contributed by atoms with Gasteiger partial charge in [0.1, 0.15) is 0 Å². The number of ether oxygens (including phenoxy) is 3. The number of methoxy groups -OCH3 is 2. The minimum absolute atomic E-state index is 0.132. The summed E-state index contributed by atoms with van der Waals surface area (Å²) < 4.78 is 15.5. The molecule has 2 aromatic carbocycles. The van der Waals surface area contributed by atoms with Gasteiger partial charge in [-0.1, -0.05) is 12.1 Å². The van der Waals surface area contributed by atoms with Crippen molar-refractivity contribution in [2.75, 3.05) is 34.1 Å². The van der Waals surface area contributed by atoms with Crippen molar-refractivity contribution in [2.45, 2.75) is 11.4 Å². The fourth-order valence-electron chi connectivity index (χ4n) is 2.37. The summed E-state index contributed by atoms with van der Waals surface area (Å²) in [5, 5.41) is 0. The molecule has 1 amide bonds. The number of rotatable bonds is 8. The lowest BCUT2D eigenvalue weighted by atomic mass is 10.2. The number of carbonyl (C=O) groups is 2. The number of carbonyl (C=O) groups excluding carboxylic acids is 2. The molecule has 0 bridgehead atoms. The molecule has 6 nitrogen and oxygen atoms in total. The van der Waals surface area contributed by atoms with Crippen molar-refractivity contribution in [3.8, 4) is 11.5 Å². The Kier molecular flexibility index (Phi) is 7.55. The van der Waals surface area contributed by atoms with Crippen LogP contribution < -0.4 is 9.47 Å². The molecular formula is C20H23NO5S. The van der Waals surface area contributed by atoms with Gasteiger partial charge in [-0.2, -0.15) is 0 Å². The Morgan fingerprint density at radius 3 is 2.33 bits per heavy atom. The van der Waals surface area contributed by atoms with Gasteiger partial charge in [0.05, 0.1) is 19.8 Å². The third-order valence-electron chi connectivity index (χ3n) is 3.94. The SMILES string of the molecule is COC(=O)c1ccc(OCC(=O)N(C)Cc2ccc(SC)cc2)c(OC)c1. The Morgan fingerprint density at radius 2 is 1.74 bits per heavy atom. The molecule has 0 spiro atoms. The third-order valence-corrected chi connectivity index (χ3v) is 4.68. The first-order valence-electron chi connectivity index (χ1n) is 8.24. The molecule has 2 rings (SSSR count). The van der Waals surface area contributed by atoms with Gasteiger partial charge in [-0.25, -0.2) is 4.79 Å². The van der Waals surface area contributed by atoms with Gasteiger partial charge in [0.25, 0.3) is 5.91 Å². The number of benzene rings is 2. The zero-order valence-electron chi connectivity index (χ0n) is 15.9. The second-order valence-corrected chi connectivity index (χ2v) is 6.62. The molecule has 144 valence electrons. The number of amides is 1. The average Bonchev–Trinajstić information content (AvgIpc) is 2.71. The molecule has 0 unspecified atom stereocenters. The van der Waals surface area contributed by atoms with Crippen LogP contribution in [0.2, 0.25) is 0 Å². The molecular weight excluding hydrogens is 366 g/mol. The maximum atomic E-state index is 12.3. The van der Waals surface area contributed by atoms with Gasteiger partial charge in [-0.3, -0.25) is 4.79 Å². The van der Waals surface area contributed by atoms with E-state index in [1.54, 1.807) is 35.8 Å². The van der Waals surface area contributed by atoms with Crippen molar-refractivity contribution in [1.29, 1.82) is 0 Å². The second-order valence-electron chi connectivity index (χ2n) is 5.74. The third kappa shape index (κ3) is 5.65. The molecule has 0 saturated heterocycles. The monoisotopic (exact) mass is 389 g/mol. The molecule has 0 aliphatic heterocycles. The van der Waals surface area contributed by atoms with Crippen LogP contribution in [0.4, 0.5) is 0 Å². The fourth-order valence-corrected chi connectivity index (χ4v) is 2.78. The Bertz CT molecular complexity index is 791. The number of hydrogen-bond acceptors (Lipinski definition) is 6. The molecule has 7 heteroatoms. The molecule has 0 fully saturated rings. The van der Waals surface area contributed by atoms with Crippen LogP contribution in [0, 0.1) is 0 Å². The maximum absolute atomic E-state index is 12.3. The lowest BCUT2D eigenvalue weighted by Gasteiger charge is -2.18. The number of esters is 1. The van der Waals surface area contributed by atoms with Crippen LogP contribution in [0.15, 0.2) is 47.4 Å². The van der Waals surface area contributed by atoms with Gasteiger partial charge in [0.2, 0.25) is 0 Å². The van der Waals surface area contributed by atoms with Crippen molar-refractivity contribution in [3.05, 3.63) is 53.6 Å². The zero-order valence-corrected chi connectivity index (χ0v) is 16.7. The standard InChI is InChI=1S/C20H23NO5S/c1-21(12-14-5-8-16(27-4)9-6-14)19(22)13-26-17-10-7-15(20(23)25-3)11-18(17)24-2/h5-11H,12-13H2,1-4H3. The summed E-state index contributed by atoms with van der Waals surface area (Å²) in [6, 6.07) is 12.7. The summed E-state index contributed by atoms with van der Waals surface area (Å²) in [5.41, 5.74) is 1.39. The van der Waals surface area contributed by atoms with Gasteiger partial charge in [0.15, 0.2) is 18.1 Å². The minimum Gasteiger partial charge on any atom is -0.493 e. The maximum Gasteiger partial charge on any atom is 0.337 e. The largest absolute Gasteiger partial charge is 0.493 e. The Labute approximate surface area is 163 Å². The predicted octanol–water partition coefficient (Wildman–Crippen LogP) is 3.24. The fraction of sp³-hybridized carbons (Fsp3) is 0.300. The summed E-state index contributed by atoms with van der Waals surface area (Å²) >= 11 is 1.67. The van der Waals surface area contributed by atoms with Crippen LogP contribution in [0.3, 0.4) is 0 Å². The molecule has 27 heavy (non-hydrogen) atoms. The van der Waals surface area contributed by atoms with E-state index in [2.05, 4.69) is 4.74 Å². The summed E-state index contributed by atoms with van der Waals surface area (Å²) in [6.07, 6.45) is 2.02. The Morgan fingerprint density at radius 1 is 1.04 bits per heavy atom. The van der Waals surface area contributed by atoms with Crippen molar-refractivity contribution < 1.29 is 23.8 Å². The second kappa shape index (κ2) is 9.87. The predicted molar refractivity (Wildman–Crippen MR) is 105 cm³/mol. The average molecular weight is 389 g/mol. The first-order valence-corrected chi connectivity index (χ1v) is 9.47. The number of likely N-dealkylation sites (N-methyl/N-ethyl adjacent to an activating group) is 1. The number of thioether (sulfide) groups is 1. The van der Waals surface area contributed by atoms with Crippen LogP contribution >= 0.6 is 11.8 Å². The van der Waals surface area contributed by atoms with E-state index in [0.717, 1.165) is 5.56 Å². The quantitative estimate of drug-likeness (QED) is 0.510. The van der Waals surface area contributed by atoms with E-state index in [-0.39, 0.29) is 12.5 Å². The van der Waals surface area contributed by atoms with Crippen LogP contribution in [-0.2, 0) is 16.1 Å². The highest BCUT2D eigenvalue weighted by Crippen LogP contribution is 2.28. The molecule has 0 atom stereocenters. The van der Waals surface area contributed by atoms with Crippen LogP contribution in [0.1, 0.15) is 15.9 Å². The zero-order chi connectivity index (χ0) is 19.8. The van der Waals surface area contributed by atoms with E-state index in [9.17, 15) is 9.59 Å². The summed E-state index contributed by atoms with van der Waals surface area (Å²) in [5.74, 6) is 0.114. The van der Waals surface area contributed by atoms with E-state index < -0.39 is 5.97 Å². The van der Waals surface area contributed by atoms with E-state index in [1.807, 2.05) is 30.5 Å². The number of nitrogens with zero attached hydrogens (tertiary/aromatic N) is 1. The van der Waals surface area contributed by atoms with Crippen molar-refractivity contribution in [2.24, 2.45) is 0 Å². The molecule has 0 aliphatic rings. The topological polar surface area (TPSA) is 65.1 Å².